The Kier molecular flexibility index (Phi) is 5.67. The summed E-state index contributed by atoms with van der Waals surface area (Å²) in [5.41, 5.74) is 17.9. The second-order valence-electron chi connectivity index (χ2n) is 13.2. The molecule has 1 aliphatic heterocycles. The van der Waals surface area contributed by atoms with Crippen LogP contribution in [0.2, 0.25) is 0 Å². The first-order valence-corrected chi connectivity index (χ1v) is 17.1. The summed E-state index contributed by atoms with van der Waals surface area (Å²) in [6, 6.07) is 63.7. The Hall–Kier alpha value is -6.71. The highest BCUT2D eigenvalue weighted by atomic mass is 15.3. The Morgan fingerprint density at radius 3 is 1.80 bits per heavy atom. The first-order valence-electron chi connectivity index (χ1n) is 17.1. The van der Waals surface area contributed by atoms with Crippen molar-refractivity contribution in [3.05, 3.63) is 176 Å². The number of nitrogens with zero attached hydrogens (tertiary/aromatic N) is 3. The summed E-state index contributed by atoms with van der Waals surface area (Å²) in [7, 11) is 0. The second kappa shape index (κ2) is 10.4. The molecule has 3 heteroatoms. The van der Waals surface area contributed by atoms with E-state index in [0.717, 1.165) is 34.0 Å². The first-order chi connectivity index (χ1) is 24.8. The van der Waals surface area contributed by atoms with Gasteiger partial charge in [0.25, 0.3) is 0 Å². The van der Waals surface area contributed by atoms with Gasteiger partial charge in [-0.1, -0.05) is 133 Å². The predicted molar refractivity (Wildman–Crippen MR) is 208 cm³/mol. The summed E-state index contributed by atoms with van der Waals surface area (Å²) in [5.74, 6) is 0.882. The van der Waals surface area contributed by atoms with Crippen LogP contribution in [0.4, 0.5) is 17.3 Å². The highest BCUT2D eigenvalue weighted by Crippen LogP contribution is 2.50. The maximum atomic E-state index is 5.24. The standard InChI is InChI=1S/C47H29N3/c1-2-14-36-35(13-1)40-18-10-17-39-34(27-28-41(36)46(39)40)32-12-9-11-31(29-32)30-23-25-33(26-24-30)49-43-20-6-3-15-37(43)38-16-4-7-21-44(38)50-45-22-8-5-19-42(45)48-47(49)50/h1-29H. The molecule has 1 aromatic heterocycles. The maximum Gasteiger partial charge on any atom is 0.220 e. The van der Waals surface area contributed by atoms with E-state index >= 15 is 0 Å². The van der Waals surface area contributed by atoms with Crippen LogP contribution in [0.5, 0.6) is 0 Å². The van der Waals surface area contributed by atoms with Crippen LogP contribution < -0.4 is 4.90 Å². The Morgan fingerprint density at radius 2 is 0.980 bits per heavy atom. The maximum absolute atomic E-state index is 5.24. The van der Waals surface area contributed by atoms with E-state index in [1.807, 2.05) is 0 Å². The zero-order chi connectivity index (χ0) is 32.8. The van der Waals surface area contributed by atoms with Crippen LogP contribution in [0.15, 0.2) is 176 Å². The molecule has 0 amide bonds. The third kappa shape index (κ3) is 3.83. The van der Waals surface area contributed by atoms with Crippen molar-refractivity contribution in [1.82, 2.24) is 9.55 Å². The molecule has 11 rings (SSSR count). The van der Waals surface area contributed by atoms with Gasteiger partial charge in [-0.3, -0.25) is 9.47 Å². The lowest BCUT2D eigenvalue weighted by molar-refractivity contribution is 1.05. The van der Waals surface area contributed by atoms with E-state index in [9.17, 15) is 0 Å². The minimum absolute atomic E-state index is 0.882. The fourth-order valence-corrected chi connectivity index (χ4v) is 8.29. The number of imidazole rings is 1. The molecule has 2 aliphatic rings. The van der Waals surface area contributed by atoms with Gasteiger partial charge < -0.3 is 0 Å². The Labute approximate surface area is 290 Å². The number of rotatable bonds is 3. The van der Waals surface area contributed by atoms with Crippen molar-refractivity contribution in [2.45, 2.75) is 0 Å². The van der Waals surface area contributed by atoms with Gasteiger partial charge in [-0.2, -0.15) is 0 Å². The van der Waals surface area contributed by atoms with Gasteiger partial charge in [0.05, 0.1) is 22.4 Å². The molecule has 0 N–H and O–H groups in total. The number of aromatic nitrogens is 2. The van der Waals surface area contributed by atoms with Crippen molar-refractivity contribution >= 4 is 39.1 Å². The minimum Gasteiger partial charge on any atom is -0.280 e. The third-order valence-corrected chi connectivity index (χ3v) is 10.5. The molecular weight excluding hydrogens is 607 g/mol. The van der Waals surface area contributed by atoms with Gasteiger partial charge in [0.2, 0.25) is 5.95 Å². The Balaban J connectivity index is 1.03. The average molecular weight is 636 g/mol. The zero-order valence-corrected chi connectivity index (χ0v) is 27.1. The quantitative estimate of drug-likeness (QED) is 0.193. The fourth-order valence-electron chi connectivity index (χ4n) is 8.29. The van der Waals surface area contributed by atoms with E-state index in [1.54, 1.807) is 0 Å². The summed E-state index contributed by atoms with van der Waals surface area (Å²) in [4.78, 5) is 7.54. The normalized spacial score (nSPS) is 12.4. The van der Waals surface area contributed by atoms with Crippen LogP contribution in [-0.4, -0.2) is 9.55 Å². The van der Waals surface area contributed by atoms with Crippen molar-refractivity contribution in [2.75, 3.05) is 4.90 Å². The predicted octanol–water partition coefficient (Wildman–Crippen LogP) is 12.6. The van der Waals surface area contributed by atoms with Crippen molar-refractivity contribution in [3.63, 3.8) is 0 Å². The largest absolute Gasteiger partial charge is 0.280 e. The highest BCUT2D eigenvalue weighted by Gasteiger charge is 2.29. The Bertz CT molecular complexity index is 2790. The molecule has 50 heavy (non-hydrogen) atoms. The number of para-hydroxylation sites is 4. The van der Waals surface area contributed by atoms with Crippen LogP contribution in [0, 0.1) is 0 Å². The van der Waals surface area contributed by atoms with E-state index in [2.05, 4.69) is 185 Å². The molecular formula is C47H29N3. The van der Waals surface area contributed by atoms with Gasteiger partial charge in [0, 0.05) is 16.8 Å². The van der Waals surface area contributed by atoms with Crippen LogP contribution >= 0.6 is 0 Å². The van der Waals surface area contributed by atoms with Crippen LogP contribution in [0.1, 0.15) is 0 Å². The molecule has 0 radical (unpaired) electrons. The first kappa shape index (κ1) is 27.3. The third-order valence-electron chi connectivity index (χ3n) is 10.5. The second-order valence-corrected chi connectivity index (χ2v) is 13.2. The smallest absolute Gasteiger partial charge is 0.220 e. The van der Waals surface area contributed by atoms with E-state index in [4.69, 9.17) is 4.98 Å². The topological polar surface area (TPSA) is 21.1 Å². The number of fused-ring (bicyclic) bond motifs is 10. The molecule has 8 aromatic carbocycles. The molecule has 232 valence electrons. The van der Waals surface area contributed by atoms with Crippen molar-refractivity contribution in [3.8, 4) is 61.3 Å². The Morgan fingerprint density at radius 1 is 0.380 bits per heavy atom. The van der Waals surface area contributed by atoms with Crippen molar-refractivity contribution in [1.29, 1.82) is 0 Å². The zero-order valence-electron chi connectivity index (χ0n) is 27.1. The van der Waals surface area contributed by atoms with Crippen molar-refractivity contribution < 1.29 is 0 Å². The summed E-state index contributed by atoms with van der Waals surface area (Å²) in [6.45, 7) is 0. The number of hydrogen-bond donors (Lipinski definition) is 0. The summed E-state index contributed by atoms with van der Waals surface area (Å²) in [6.07, 6.45) is 0. The molecule has 0 unspecified atom stereocenters. The lowest BCUT2D eigenvalue weighted by atomic mass is 9.92. The molecule has 9 aromatic rings. The van der Waals surface area contributed by atoms with Gasteiger partial charge in [0.15, 0.2) is 0 Å². The van der Waals surface area contributed by atoms with Crippen LogP contribution in [0.3, 0.4) is 0 Å². The molecule has 0 fully saturated rings. The van der Waals surface area contributed by atoms with E-state index in [1.165, 1.54) is 66.4 Å². The minimum atomic E-state index is 0.882. The van der Waals surface area contributed by atoms with Crippen molar-refractivity contribution in [2.24, 2.45) is 0 Å². The fraction of sp³-hybridized carbons (Fsp3) is 0. The average Bonchev–Trinajstić information content (AvgIpc) is 3.69. The van der Waals surface area contributed by atoms with Gasteiger partial charge in [-0.05, 0) is 97.7 Å². The van der Waals surface area contributed by atoms with Gasteiger partial charge >= 0.3 is 0 Å². The lowest BCUT2D eigenvalue weighted by Gasteiger charge is -2.24. The molecule has 0 bridgehead atoms. The van der Waals surface area contributed by atoms with Gasteiger partial charge in [0.1, 0.15) is 0 Å². The molecule has 3 nitrogen and oxygen atoms in total. The lowest BCUT2D eigenvalue weighted by Crippen LogP contribution is -2.14. The highest BCUT2D eigenvalue weighted by molar-refractivity contribution is 6.18. The SMILES string of the molecule is c1cc(-c2ccc(N3c4ccccc4-c4ccccc4-n4c3nc3ccccc34)cc2)cc(-c2ccc3c4c(cccc24)-c2ccccc2-3)c1. The number of benzene rings is 8. The summed E-state index contributed by atoms with van der Waals surface area (Å²) >= 11 is 0. The van der Waals surface area contributed by atoms with E-state index in [-0.39, 0.29) is 0 Å². The van der Waals surface area contributed by atoms with E-state index < -0.39 is 0 Å². The summed E-state index contributed by atoms with van der Waals surface area (Å²) in [5, 5.41) is 2.65. The molecule has 2 heterocycles. The molecule has 0 saturated carbocycles. The van der Waals surface area contributed by atoms with E-state index in [0.29, 0.717) is 0 Å². The molecule has 0 spiro atoms. The van der Waals surface area contributed by atoms with Gasteiger partial charge in [-0.25, -0.2) is 4.98 Å². The molecule has 0 atom stereocenters. The molecule has 0 saturated heterocycles. The summed E-state index contributed by atoms with van der Waals surface area (Å²) < 4.78 is 2.30. The monoisotopic (exact) mass is 635 g/mol. The number of anilines is 3. The van der Waals surface area contributed by atoms with Crippen LogP contribution in [0.25, 0.3) is 83.1 Å². The van der Waals surface area contributed by atoms with Gasteiger partial charge in [-0.15, -0.1) is 0 Å². The molecule has 1 aliphatic carbocycles. The number of hydrogen-bond acceptors (Lipinski definition) is 2. The van der Waals surface area contributed by atoms with Crippen LogP contribution in [-0.2, 0) is 0 Å².